The quantitative estimate of drug-likeness (QED) is 0.262. The molecule has 1 aliphatic heterocycles. The summed E-state index contributed by atoms with van der Waals surface area (Å²) in [5, 5.41) is 16.4. The highest BCUT2D eigenvalue weighted by Crippen LogP contribution is 2.33. The number of rotatable bonds is 8. The first-order valence-corrected chi connectivity index (χ1v) is 10.8. The minimum absolute atomic E-state index is 0.00519. The van der Waals surface area contributed by atoms with Gasteiger partial charge in [0.2, 0.25) is 6.79 Å². The highest BCUT2D eigenvalue weighted by molar-refractivity contribution is 6.05. The van der Waals surface area contributed by atoms with Crippen molar-refractivity contribution in [2.45, 2.75) is 6.92 Å². The van der Waals surface area contributed by atoms with E-state index in [-0.39, 0.29) is 18.2 Å². The average Bonchev–Trinajstić information content (AvgIpc) is 3.34. The number of nitrogens with zero attached hydrogens (tertiary/aromatic N) is 1. The summed E-state index contributed by atoms with van der Waals surface area (Å²) in [6.45, 7) is 2.32. The van der Waals surface area contributed by atoms with Gasteiger partial charge in [-0.25, -0.2) is 5.43 Å². The van der Waals surface area contributed by atoms with E-state index >= 15 is 0 Å². The van der Waals surface area contributed by atoms with Crippen LogP contribution in [-0.4, -0.2) is 36.5 Å². The minimum Gasteiger partial charge on any atom is -0.504 e. The van der Waals surface area contributed by atoms with E-state index in [1.807, 2.05) is 0 Å². The molecule has 3 aromatic rings. The number of nitrogens with one attached hydrogen (secondary N) is 2. The van der Waals surface area contributed by atoms with Crippen LogP contribution in [0.5, 0.6) is 23.0 Å². The van der Waals surface area contributed by atoms with Gasteiger partial charge in [-0.2, -0.15) is 5.10 Å². The van der Waals surface area contributed by atoms with E-state index in [1.54, 1.807) is 67.6 Å². The van der Waals surface area contributed by atoms with Gasteiger partial charge < -0.3 is 24.6 Å². The largest absolute Gasteiger partial charge is 0.504 e. The first-order valence-electron chi connectivity index (χ1n) is 10.8. The van der Waals surface area contributed by atoms with Gasteiger partial charge in [-0.15, -0.1) is 0 Å². The minimum atomic E-state index is -0.632. The standard InChI is InChI=1S/C26H23N3O6/c1-2-33-23-14-18(8-10-21(23)30)15-27-29-26(32)20(28-25(31)19-6-4-3-5-7-19)12-17-9-11-22-24(13-17)35-16-34-22/h3-15,30H,2,16H2,1H3,(H,28,31)(H,29,32)/b20-12+,27-15+. The van der Waals surface area contributed by atoms with Crippen LogP contribution >= 0.6 is 0 Å². The molecule has 1 aliphatic rings. The monoisotopic (exact) mass is 473 g/mol. The lowest BCUT2D eigenvalue weighted by molar-refractivity contribution is -0.117. The fourth-order valence-electron chi connectivity index (χ4n) is 3.22. The van der Waals surface area contributed by atoms with Crippen molar-refractivity contribution in [3.8, 4) is 23.0 Å². The molecular formula is C26H23N3O6. The number of hydrogen-bond acceptors (Lipinski definition) is 7. The van der Waals surface area contributed by atoms with Gasteiger partial charge in [0.05, 0.1) is 12.8 Å². The number of amides is 2. The molecular weight excluding hydrogens is 450 g/mol. The summed E-state index contributed by atoms with van der Waals surface area (Å²) in [6, 6.07) is 18.4. The highest BCUT2D eigenvalue weighted by Gasteiger charge is 2.17. The molecule has 0 radical (unpaired) electrons. The molecule has 0 saturated carbocycles. The van der Waals surface area contributed by atoms with Gasteiger partial charge in [0.25, 0.3) is 11.8 Å². The zero-order valence-electron chi connectivity index (χ0n) is 18.9. The van der Waals surface area contributed by atoms with Gasteiger partial charge >= 0.3 is 0 Å². The van der Waals surface area contributed by atoms with Crippen molar-refractivity contribution in [1.82, 2.24) is 10.7 Å². The Bertz CT molecular complexity index is 1290. The maximum Gasteiger partial charge on any atom is 0.287 e. The highest BCUT2D eigenvalue weighted by atomic mass is 16.7. The molecule has 1 heterocycles. The summed E-state index contributed by atoms with van der Waals surface area (Å²) < 4.78 is 16.1. The van der Waals surface area contributed by atoms with Gasteiger partial charge in [0.1, 0.15) is 5.70 Å². The van der Waals surface area contributed by atoms with Crippen molar-refractivity contribution in [2.75, 3.05) is 13.4 Å². The smallest absolute Gasteiger partial charge is 0.287 e. The summed E-state index contributed by atoms with van der Waals surface area (Å²) in [5.74, 6) is 0.380. The van der Waals surface area contributed by atoms with E-state index < -0.39 is 11.8 Å². The number of fused-ring (bicyclic) bond motifs is 1. The fourth-order valence-corrected chi connectivity index (χ4v) is 3.22. The lowest BCUT2D eigenvalue weighted by atomic mass is 10.1. The molecule has 0 fully saturated rings. The second-order valence-corrected chi connectivity index (χ2v) is 7.35. The third kappa shape index (κ3) is 5.97. The molecule has 0 atom stereocenters. The van der Waals surface area contributed by atoms with Crippen LogP contribution in [0.2, 0.25) is 0 Å². The maximum absolute atomic E-state index is 12.9. The molecule has 0 aliphatic carbocycles. The van der Waals surface area contributed by atoms with Crippen molar-refractivity contribution in [2.24, 2.45) is 5.10 Å². The van der Waals surface area contributed by atoms with E-state index in [0.29, 0.717) is 40.5 Å². The van der Waals surface area contributed by atoms with Gasteiger partial charge in [-0.3, -0.25) is 9.59 Å². The molecule has 2 amide bonds. The van der Waals surface area contributed by atoms with Crippen LogP contribution in [0.25, 0.3) is 6.08 Å². The zero-order valence-corrected chi connectivity index (χ0v) is 18.9. The summed E-state index contributed by atoms with van der Waals surface area (Å²) in [6.07, 6.45) is 2.92. The second-order valence-electron chi connectivity index (χ2n) is 7.35. The topological polar surface area (TPSA) is 118 Å². The Kier molecular flexibility index (Phi) is 7.27. The molecule has 3 N–H and O–H groups in total. The fraction of sp³-hybridized carbons (Fsp3) is 0.115. The number of phenols is 1. The Morgan fingerprint density at radius 2 is 1.80 bits per heavy atom. The summed E-state index contributed by atoms with van der Waals surface area (Å²) in [7, 11) is 0. The normalized spacial score (nSPS) is 12.4. The van der Waals surface area contributed by atoms with Gasteiger partial charge in [0.15, 0.2) is 23.0 Å². The predicted molar refractivity (Wildman–Crippen MR) is 129 cm³/mol. The molecule has 4 rings (SSSR count). The van der Waals surface area contributed by atoms with Crippen molar-refractivity contribution in [3.63, 3.8) is 0 Å². The molecule has 0 aromatic heterocycles. The van der Waals surface area contributed by atoms with E-state index in [2.05, 4.69) is 15.8 Å². The summed E-state index contributed by atoms with van der Waals surface area (Å²) in [5.41, 5.74) is 4.01. The first-order chi connectivity index (χ1) is 17.0. The zero-order chi connectivity index (χ0) is 24.6. The number of benzene rings is 3. The molecule has 0 unspecified atom stereocenters. The van der Waals surface area contributed by atoms with Crippen LogP contribution in [-0.2, 0) is 4.79 Å². The van der Waals surface area contributed by atoms with Gasteiger partial charge in [-0.05, 0) is 66.6 Å². The predicted octanol–water partition coefficient (Wildman–Crippen LogP) is 3.44. The van der Waals surface area contributed by atoms with E-state index in [4.69, 9.17) is 14.2 Å². The van der Waals surface area contributed by atoms with Crippen LogP contribution in [0.1, 0.15) is 28.4 Å². The Balaban J connectivity index is 1.54. The van der Waals surface area contributed by atoms with Crippen LogP contribution in [0.4, 0.5) is 0 Å². The SMILES string of the molecule is CCOc1cc(/C=N/NC(=O)/C(=C\c2ccc3c(c2)OCO3)NC(=O)c2ccccc2)ccc1O. The third-order valence-corrected chi connectivity index (χ3v) is 4.90. The van der Waals surface area contributed by atoms with Crippen LogP contribution in [0, 0.1) is 0 Å². The Morgan fingerprint density at radius 1 is 1.03 bits per heavy atom. The Labute approximate surface area is 201 Å². The number of phenolic OH excluding ortho intramolecular Hbond substituents is 1. The summed E-state index contributed by atoms with van der Waals surface area (Å²) in [4.78, 5) is 25.6. The molecule has 3 aromatic carbocycles. The Hall–Kier alpha value is -4.79. The number of carbonyl (C=O) groups excluding carboxylic acids is 2. The molecule has 9 nitrogen and oxygen atoms in total. The van der Waals surface area contributed by atoms with Crippen LogP contribution < -0.4 is 25.0 Å². The van der Waals surface area contributed by atoms with Crippen molar-refractivity contribution in [1.29, 1.82) is 0 Å². The molecule has 0 bridgehead atoms. The van der Waals surface area contributed by atoms with Crippen molar-refractivity contribution < 1.29 is 28.9 Å². The number of carbonyl (C=O) groups is 2. The van der Waals surface area contributed by atoms with Crippen LogP contribution in [0.3, 0.4) is 0 Å². The van der Waals surface area contributed by atoms with Crippen molar-refractivity contribution >= 4 is 24.1 Å². The lowest BCUT2D eigenvalue weighted by Crippen LogP contribution is -2.32. The van der Waals surface area contributed by atoms with Gasteiger partial charge in [0, 0.05) is 5.56 Å². The van der Waals surface area contributed by atoms with E-state index in [0.717, 1.165) is 0 Å². The second kappa shape index (κ2) is 10.9. The first kappa shape index (κ1) is 23.4. The molecule has 35 heavy (non-hydrogen) atoms. The molecule has 0 saturated heterocycles. The van der Waals surface area contributed by atoms with E-state index in [1.165, 1.54) is 18.4 Å². The molecule has 9 heteroatoms. The van der Waals surface area contributed by atoms with Gasteiger partial charge in [-0.1, -0.05) is 24.3 Å². The Morgan fingerprint density at radius 3 is 2.60 bits per heavy atom. The molecule has 0 spiro atoms. The number of ether oxygens (including phenoxy) is 3. The number of aromatic hydroxyl groups is 1. The average molecular weight is 473 g/mol. The van der Waals surface area contributed by atoms with Crippen LogP contribution in [0.15, 0.2) is 77.5 Å². The van der Waals surface area contributed by atoms with Crippen molar-refractivity contribution in [3.05, 3.63) is 89.1 Å². The molecule has 178 valence electrons. The summed E-state index contributed by atoms with van der Waals surface area (Å²) >= 11 is 0. The third-order valence-electron chi connectivity index (χ3n) is 4.90. The lowest BCUT2D eigenvalue weighted by Gasteiger charge is -2.10. The number of hydrogen-bond donors (Lipinski definition) is 3. The maximum atomic E-state index is 12.9. The number of hydrazone groups is 1. The van der Waals surface area contributed by atoms with E-state index in [9.17, 15) is 14.7 Å².